The predicted octanol–water partition coefficient (Wildman–Crippen LogP) is 4.94. The Balaban J connectivity index is 1.82. The zero-order chi connectivity index (χ0) is 18.6. The lowest BCUT2D eigenvalue weighted by atomic mass is 9.68. The highest BCUT2D eigenvalue weighted by Gasteiger charge is 2.41. The van der Waals surface area contributed by atoms with Crippen LogP contribution in [0.2, 0.25) is 0 Å². The summed E-state index contributed by atoms with van der Waals surface area (Å²) in [6.45, 7) is 4.35. The van der Waals surface area contributed by atoms with E-state index in [9.17, 15) is 4.79 Å². The summed E-state index contributed by atoms with van der Waals surface area (Å²) in [5.41, 5.74) is 5.99. The second-order valence-electron chi connectivity index (χ2n) is 8.22. The monoisotopic (exact) mass is 355 g/mol. The SMILES string of the molecule is CC1(C)CC(=O)C2=C(C1)c1c(ccc3ncccc13)N[C@H]2c1ccccn1. The quantitative estimate of drug-likeness (QED) is 0.672. The molecule has 0 fully saturated rings. The predicted molar refractivity (Wildman–Crippen MR) is 107 cm³/mol. The zero-order valence-corrected chi connectivity index (χ0v) is 15.5. The Labute approximate surface area is 158 Å². The van der Waals surface area contributed by atoms with Gasteiger partial charge in [-0.05, 0) is 47.7 Å². The molecular weight excluding hydrogens is 334 g/mol. The zero-order valence-electron chi connectivity index (χ0n) is 15.5. The summed E-state index contributed by atoms with van der Waals surface area (Å²) in [5, 5.41) is 4.69. The van der Waals surface area contributed by atoms with Crippen molar-refractivity contribution in [2.75, 3.05) is 5.32 Å². The fourth-order valence-corrected chi connectivity index (χ4v) is 4.49. The molecule has 3 heterocycles. The first kappa shape index (κ1) is 16.2. The molecule has 0 unspecified atom stereocenters. The maximum absolute atomic E-state index is 13.2. The Morgan fingerprint density at radius 2 is 1.85 bits per heavy atom. The van der Waals surface area contributed by atoms with Crippen LogP contribution in [0.5, 0.6) is 0 Å². The number of benzene rings is 1. The minimum Gasteiger partial charge on any atom is -0.372 e. The van der Waals surface area contributed by atoms with Crippen molar-refractivity contribution < 1.29 is 4.79 Å². The number of nitrogens with zero attached hydrogens (tertiary/aromatic N) is 2. The molecule has 1 atom stereocenters. The summed E-state index contributed by atoms with van der Waals surface area (Å²) in [7, 11) is 0. The molecule has 1 aliphatic heterocycles. The van der Waals surface area contributed by atoms with Crippen LogP contribution in [0.1, 0.15) is 44.0 Å². The third-order valence-electron chi connectivity index (χ3n) is 5.58. The maximum Gasteiger partial charge on any atom is 0.162 e. The Bertz CT molecular complexity index is 1100. The van der Waals surface area contributed by atoms with Crippen molar-refractivity contribution in [2.24, 2.45) is 5.41 Å². The number of ketones is 1. The number of hydrogen-bond donors (Lipinski definition) is 1. The Morgan fingerprint density at radius 1 is 1.00 bits per heavy atom. The molecule has 134 valence electrons. The molecule has 0 bridgehead atoms. The second-order valence-corrected chi connectivity index (χ2v) is 8.22. The standard InChI is InChI=1S/C23H21N3O/c1-23(2)12-15-20-14-6-5-11-24-16(14)8-9-17(20)26-22(21(15)19(27)13-23)18-7-3-4-10-25-18/h3-11,22,26H,12-13H2,1-2H3/t22-/m0/s1. The first-order chi connectivity index (χ1) is 13.0. The van der Waals surface area contributed by atoms with Gasteiger partial charge in [-0.1, -0.05) is 26.0 Å². The fourth-order valence-electron chi connectivity index (χ4n) is 4.49. The van der Waals surface area contributed by atoms with E-state index in [4.69, 9.17) is 0 Å². The maximum atomic E-state index is 13.2. The molecule has 5 rings (SSSR count). The Morgan fingerprint density at radius 3 is 2.67 bits per heavy atom. The number of fused-ring (bicyclic) bond motifs is 4. The highest BCUT2D eigenvalue weighted by Crippen LogP contribution is 2.51. The molecule has 0 saturated carbocycles. The molecule has 1 aromatic carbocycles. The smallest absolute Gasteiger partial charge is 0.162 e. The number of Topliss-reactive ketones (excluding diaryl/α,β-unsaturated/α-hetero) is 1. The van der Waals surface area contributed by atoms with E-state index >= 15 is 0 Å². The summed E-state index contributed by atoms with van der Waals surface area (Å²) >= 11 is 0. The number of anilines is 1. The fraction of sp³-hybridized carbons (Fsp3) is 0.261. The molecule has 4 heteroatoms. The Hall–Kier alpha value is -3.01. The van der Waals surface area contributed by atoms with Gasteiger partial charge in [-0.15, -0.1) is 0 Å². The summed E-state index contributed by atoms with van der Waals surface area (Å²) in [5.74, 6) is 0.218. The van der Waals surface area contributed by atoms with Crippen LogP contribution in [0.3, 0.4) is 0 Å². The lowest BCUT2D eigenvalue weighted by Crippen LogP contribution is -2.33. The minimum absolute atomic E-state index is 0.0520. The molecule has 1 N–H and O–H groups in total. The summed E-state index contributed by atoms with van der Waals surface area (Å²) in [6, 6.07) is 13.8. The number of rotatable bonds is 1. The number of allylic oxidation sites excluding steroid dienone is 1. The number of carbonyl (C=O) groups excluding carboxylic acids is 1. The van der Waals surface area contributed by atoms with E-state index in [2.05, 4.69) is 41.3 Å². The van der Waals surface area contributed by atoms with Crippen LogP contribution in [0.15, 0.2) is 60.4 Å². The number of nitrogens with one attached hydrogen (secondary N) is 1. The molecule has 27 heavy (non-hydrogen) atoms. The van der Waals surface area contributed by atoms with Crippen molar-refractivity contribution in [1.82, 2.24) is 9.97 Å². The molecule has 0 amide bonds. The van der Waals surface area contributed by atoms with Crippen LogP contribution in [0.4, 0.5) is 5.69 Å². The topological polar surface area (TPSA) is 54.9 Å². The van der Waals surface area contributed by atoms with Crippen LogP contribution in [-0.2, 0) is 4.79 Å². The van der Waals surface area contributed by atoms with Gasteiger partial charge in [0, 0.05) is 41.0 Å². The highest BCUT2D eigenvalue weighted by atomic mass is 16.1. The summed E-state index contributed by atoms with van der Waals surface area (Å²) in [4.78, 5) is 22.3. The van der Waals surface area contributed by atoms with E-state index in [0.717, 1.165) is 45.4 Å². The van der Waals surface area contributed by atoms with Crippen LogP contribution in [0, 0.1) is 5.41 Å². The van der Waals surface area contributed by atoms with Gasteiger partial charge in [0.25, 0.3) is 0 Å². The van der Waals surface area contributed by atoms with Gasteiger partial charge in [-0.2, -0.15) is 0 Å². The molecule has 3 aromatic rings. The third-order valence-corrected chi connectivity index (χ3v) is 5.58. The summed E-state index contributed by atoms with van der Waals surface area (Å²) < 4.78 is 0. The van der Waals surface area contributed by atoms with Crippen molar-refractivity contribution in [3.8, 4) is 0 Å². The van der Waals surface area contributed by atoms with Gasteiger partial charge in [0.15, 0.2) is 5.78 Å². The molecule has 2 aromatic heterocycles. The molecule has 0 radical (unpaired) electrons. The van der Waals surface area contributed by atoms with Crippen LogP contribution >= 0.6 is 0 Å². The van der Waals surface area contributed by atoms with Gasteiger partial charge in [0.1, 0.15) is 0 Å². The van der Waals surface area contributed by atoms with Gasteiger partial charge in [0.2, 0.25) is 0 Å². The minimum atomic E-state index is -0.202. The van der Waals surface area contributed by atoms with E-state index in [-0.39, 0.29) is 17.2 Å². The van der Waals surface area contributed by atoms with Crippen LogP contribution in [0.25, 0.3) is 16.5 Å². The number of aromatic nitrogens is 2. The van der Waals surface area contributed by atoms with Gasteiger partial charge in [-0.3, -0.25) is 14.8 Å². The van der Waals surface area contributed by atoms with E-state index in [0.29, 0.717) is 6.42 Å². The van der Waals surface area contributed by atoms with Crippen LogP contribution < -0.4 is 5.32 Å². The highest BCUT2D eigenvalue weighted by molar-refractivity contribution is 6.12. The second kappa shape index (κ2) is 5.74. The summed E-state index contributed by atoms with van der Waals surface area (Å²) in [6.07, 6.45) is 5.04. The van der Waals surface area contributed by atoms with Crippen molar-refractivity contribution in [3.63, 3.8) is 0 Å². The lowest BCUT2D eigenvalue weighted by molar-refractivity contribution is -0.118. The van der Waals surface area contributed by atoms with Gasteiger partial charge in [0.05, 0.1) is 17.3 Å². The number of pyridine rings is 2. The van der Waals surface area contributed by atoms with E-state index in [1.165, 1.54) is 0 Å². The van der Waals surface area contributed by atoms with E-state index in [1.807, 2.05) is 36.5 Å². The normalized spacial score (nSPS) is 20.8. The lowest BCUT2D eigenvalue weighted by Gasteiger charge is -2.39. The van der Waals surface area contributed by atoms with Crippen molar-refractivity contribution in [2.45, 2.75) is 32.7 Å². The molecular formula is C23H21N3O. The van der Waals surface area contributed by atoms with Crippen molar-refractivity contribution in [1.29, 1.82) is 0 Å². The number of hydrogen-bond acceptors (Lipinski definition) is 4. The van der Waals surface area contributed by atoms with Gasteiger partial charge < -0.3 is 5.32 Å². The first-order valence-electron chi connectivity index (χ1n) is 9.35. The Kier molecular flexibility index (Phi) is 3.44. The van der Waals surface area contributed by atoms with E-state index in [1.54, 1.807) is 6.20 Å². The largest absolute Gasteiger partial charge is 0.372 e. The van der Waals surface area contributed by atoms with Crippen molar-refractivity contribution >= 4 is 27.9 Å². The average Bonchev–Trinajstić information content (AvgIpc) is 2.66. The molecule has 2 aliphatic rings. The van der Waals surface area contributed by atoms with Gasteiger partial charge >= 0.3 is 0 Å². The van der Waals surface area contributed by atoms with Gasteiger partial charge in [-0.25, -0.2) is 0 Å². The third kappa shape index (κ3) is 2.55. The first-order valence-corrected chi connectivity index (χ1v) is 9.35. The average molecular weight is 355 g/mol. The van der Waals surface area contributed by atoms with Crippen LogP contribution in [-0.4, -0.2) is 15.8 Å². The number of carbonyl (C=O) groups is 1. The van der Waals surface area contributed by atoms with E-state index < -0.39 is 0 Å². The molecule has 4 nitrogen and oxygen atoms in total. The molecule has 0 saturated heterocycles. The molecule has 0 spiro atoms. The molecule has 1 aliphatic carbocycles. The van der Waals surface area contributed by atoms with Crippen molar-refractivity contribution in [3.05, 3.63) is 71.7 Å².